The molecule has 0 fully saturated rings. The average Bonchev–Trinajstić information content (AvgIpc) is 3.14. The van der Waals surface area contributed by atoms with Gasteiger partial charge in [-0.3, -0.25) is 4.79 Å². The van der Waals surface area contributed by atoms with E-state index in [9.17, 15) is 18.7 Å². The number of halogens is 2. The highest BCUT2D eigenvalue weighted by molar-refractivity contribution is 5.97. The smallest absolute Gasteiger partial charge is 0.275 e. The molecule has 1 aliphatic rings. The molecule has 29 heavy (non-hydrogen) atoms. The maximum atomic E-state index is 14.4. The molecule has 1 aliphatic heterocycles. The minimum Gasteiger partial charge on any atom is -0.443 e. The van der Waals surface area contributed by atoms with E-state index in [2.05, 4.69) is 5.10 Å². The van der Waals surface area contributed by atoms with Crippen molar-refractivity contribution in [3.8, 4) is 0 Å². The minimum absolute atomic E-state index is 0.163. The van der Waals surface area contributed by atoms with Crippen molar-refractivity contribution < 1.29 is 23.4 Å². The van der Waals surface area contributed by atoms with Gasteiger partial charge in [0.25, 0.3) is 5.91 Å². The molecular weight excluding hydrogens is 380 g/mol. The van der Waals surface area contributed by atoms with Crippen molar-refractivity contribution in [2.45, 2.75) is 38.0 Å². The van der Waals surface area contributed by atoms with Crippen LogP contribution in [-0.4, -0.2) is 34.6 Å². The van der Waals surface area contributed by atoms with Crippen LogP contribution in [0.25, 0.3) is 0 Å². The number of aliphatic hydroxyl groups is 1. The van der Waals surface area contributed by atoms with E-state index in [4.69, 9.17) is 10.5 Å². The molecule has 1 amide bonds. The number of carbonyl (C=O) groups is 1. The summed E-state index contributed by atoms with van der Waals surface area (Å²) in [6.07, 6.45) is -0.439. The zero-order valence-electron chi connectivity index (χ0n) is 16.0. The normalized spacial score (nSPS) is 19.6. The highest BCUT2D eigenvalue weighted by atomic mass is 19.1. The highest BCUT2D eigenvalue weighted by Gasteiger charge is 2.50. The Morgan fingerprint density at radius 2 is 2.00 bits per heavy atom. The van der Waals surface area contributed by atoms with Gasteiger partial charge in [0, 0.05) is 12.0 Å². The van der Waals surface area contributed by atoms with Gasteiger partial charge in [-0.25, -0.2) is 8.78 Å². The number of rotatable bonds is 7. The molecule has 8 heteroatoms. The summed E-state index contributed by atoms with van der Waals surface area (Å²) in [5.41, 5.74) is 4.63. The molecule has 0 aromatic heterocycles. The first-order valence-electron chi connectivity index (χ1n) is 9.43. The van der Waals surface area contributed by atoms with Crippen LogP contribution in [0.1, 0.15) is 37.3 Å². The quantitative estimate of drug-likeness (QED) is 0.744. The van der Waals surface area contributed by atoms with Crippen LogP contribution >= 0.6 is 0 Å². The molecule has 0 saturated heterocycles. The van der Waals surface area contributed by atoms with Crippen molar-refractivity contribution in [2.75, 3.05) is 6.54 Å². The second-order valence-corrected chi connectivity index (χ2v) is 6.75. The van der Waals surface area contributed by atoms with Crippen molar-refractivity contribution in [3.63, 3.8) is 0 Å². The van der Waals surface area contributed by atoms with E-state index in [1.807, 2.05) is 0 Å². The number of ether oxygens (including phenoxy) is 1. The Morgan fingerprint density at radius 1 is 1.28 bits per heavy atom. The molecule has 0 radical (unpaired) electrons. The molecule has 0 spiro atoms. The fourth-order valence-corrected chi connectivity index (χ4v) is 3.23. The molecule has 2 aromatic carbocycles. The topological polar surface area (TPSA) is 88.1 Å². The summed E-state index contributed by atoms with van der Waals surface area (Å²) in [5.74, 6) is -2.34. The lowest BCUT2D eigenvalue weighted by Gasteiger charge is -2.36. The largest absolute Gasteiger partial charge is 0.443 e. The first kappa shape index (κ1) is 20.9. The van der Waals surface area contributed by atoms with Crippen LogP contribution < -0.4 is 5.73 Å². The third kappa shape index (κ3) is 3.99. The summed E-state index contributed by atoms with van der Waals surface area (Å²) in [6.45, 7) is 1.97. The molecule has 0 saturated carbocycles. The van der Waals surface area contributed by atoms with E-state index in [1.165, 1.54) is 0 Å². The minimum atomic E-state index is -1.43. The highest BCUT2D eigenvalue weighted by Crippen LogP contribution is 2.41. The van der Waals surface area contributed by atoms with Gasteiger partial charge in [0.2, 0.25) is 11.6 Å². The third-order valence-corrected chi connectivity index (χ3v) is 4.78. The molecule has 1 unspecified atom stereocenters. The number of nitrogens with zero attached hydrogens (tertiary/aromatic N) is 2. The van der Waals surface area contributed by atoms with Crippen LogP contribution in [0, 0.1) is 11.6 Å². The maximum absolute atomic E-state index is 14.4. The summed E-state index contributed by atoms with van der Waals surface area (Å²) in [7, 11) is 0. The van der Waals surface area contributed by atoms with Gasteiger partial charge in [-0.15, -0.1) is 5.10 Å². The van der Waals surface area contributed by atoms with Crippen LogP contribution in [0.4, 0.5) is 8.78 Å². The standard InChI is InChI=1S/C21H23F2N3O3/c1-2-18(27)20(28)26-21(11-6-12-24,14-7-4-3-5-8-14)29-19(25-26)16-13-15(22)9-10-17(16)23/h3-5,7-10,13,18,27H,2,6,11-12,24H2,1H3/t18-,21?/m1/s1. The lowest BCUT2D eigenvalue weighted by atomic mass is 9.96. The van der Waals surface area contributed by atoms with Crippen molar-refractivity contribution in [1.29, 1.82) is 0 Å². The second kappa shape index (κ2) is 8.67. The first-order valence-corrected chi connectivity index (χ1v) is 9.43. The lowest BCUT2D eigenvalue weighted by Crippen LogP contribution is -2.48. The van der Waals surface area contributed by atoms with Crippen LogP contribution in [0.3, 0.4) is 0 Å². The second-order valence-electron chi connectivity index (χ2n) is 6.75. The Hall–Kier alpha value is -2.84. The predicted octanol–water partition coefficient (Wildman–Crippen LogP) is 2.85. The molecule has 0 bridgehead atoms. The Bertz CT molecular complexity index is 907. The molecule has 154 valence electrons. The van der Waals surface area contributed by atoms with Crippen LogP contribution in [0.2, 0.25) is 0 Å². The molecule has 1 heterocycles. The molecule has 2 atom stereocenters. The molecular formula is C21H23F2N3O3. The van der Waals surface area contributed by atoms with Gasteiger partial charge >= 0.3 is 0 Å². The van der Waals surface area contributed by atoms with Crippen molar-refractivity contribution >= 4 is 11.8 Å². The van der Waals surface area contributed by atoms with Gasteiger partial charge in [-0.05, 0) is 37.6 Å². The van der Waals surface area contributed by atoms with Gasteiger partial charge in [0.15, 0.2) is 0 Å². The Kier molecular flexibility index (Phi) is 6.24. The fraction of sp³-hybridized carbons (Fsp3) is 0.333. The molecule has 3 N–H and O–H groups in total. The van der Waals surface area contributed by atoms with Gasteiger partial charge in [-0.2, -0.15) is 5.01 Å². The Morgan fingerprint density at radius 3 is 2.66 bits per heavy atom. The summed E-state index contributed by atoms with van der Waals surface area (Å²) < 4.78 is 34.2. The van der Waals surface area contributed by atoms with Crippen LogP contribution in [0.15, 0.2) is 53.6 Å². The molecule has 3 rings (SSSR count). The summed E-state index contributed by atoms with van der Waals surface area (Å²) in [4.78, 5) is 12.9. The number of hydrogen-bond donors (Lipinski definition) is 2. The summed E-state index contributed by atoms with van der Waals surface area (Å²) in [5, 5.41) is 15.4. The van der Waals surface area contributed by atoms with E-state index in [0.717, 1.165) is 23.2 Å². The maximum Gasteiger partial charge on any atom is 0.275 e. The Balaban J connectivity index is 2.15. The zero-order chi connectivity index (χ0) is 21.0. The zero-order valence-corrected chi connectivity index (χ0v) is 16.0. The number of hydrazone groups is 1. The SMILES string of the molecule is CC[C@@H](O)C(=O)N1N=C(c2cc(F)ccc2F)OC1(CCCN)c1ccccc1. The summed E-state index contributed by atoms with van der Waals surface area (Å²) in [6, 6.07) is 11.7. The van der Waals surface area contributed by atoms with Crippen molar-refractivity contribution in [2.24, 2.45) is 10.8 Å². The van der Waals surface area contributed by atoms with Gasteiger partial charge < -0.3 is 15.6 Å². The first-order chi connectivity index (χ1) is 13.9. The van der Waals surface area contributed by atoms with E-state index < -0.39 is 29.4 Å². The molecule has 2 aromatic rings. The molecule has 0 aliphatic carbocycles. The predicted molar refractivity (Wildman–Crippen MR) is 104 cm³/mol. The summed E-state index contributed by atoms with van der Waals surface area (Å²) >= 11 is 0. The van der Waals surface area contributed by atoms with Crippen molar-refractivity contribution in [1.82, 2.24) is 5.01 Å². The van der Waals surface area contributed by atoms with Crippen LogP contribution in [0.5, 0.6) is 0 Å². The number of hydrogen-bond acceptors (Lipinski definition) is 5. The number of carbonyl (C=O) groups excluding carboxylic acids is 1. The number of aliphatic hydroxyl groups excluding tert-OH is 1. The number of amides is 1. The van der Waals surface area contributed by atoms with E-state index in [1.54, 1.807) is 37.3 Å². The van der Waals surface area contributed by atoms with E-state index in [-0.39, 0.29) is 24.3 Å². The lowest BCUT2D eigenvalue weighted by molar-refractivity contribution is -0.161. The fourth-order valence-electron chi connectivity index (χ4n) is 3.23. The van der Waals surface area contributed by atoms with Gasteiger partial charge in [0.1, 0.15) is 17.7 Å². The van der Waals surface area contributed by atoms with Crippen LogP contribution in [-0.2, 0) is 15.3 Å². The Labute approximate surface area is 167 Å². The third-order valence-electron chi connectivity index (χ3n) is 4.78. The van der Waals surface area contributed by atoms with E-state index >= 15 is 0 Å². The van der Waals surface area contributed by atoms with Gasteiger partial charge in [-0.1, -0.05) is 37.3 Å². The number of nitrogens with two attached hydrogens (primary N) is 1. The average molecular weight is 403 g/mol. The molecule has 6 nitrogen and oxygen atoms in total. The number of benzene rings is 2. The monoisotopic (exact) mass is 403 g/mol. The van der Waals surface area contributed by atoms with Gasteiger partial charge in [0.05, 0.1) is 5.56 Å². The van der Waals surface area contributed by atoms with Crippen molar-refractivity contribution in [3.05, 3.63) is 71.3 Å². The van der Waals surface area contributed by atoms with E-state index in [0.29, 0.717) is 18.5 Å².